The molecule has 2 heterocycles. The van der Waals surface area contributed by atoms with Gasteiger partial charge in [0.1, 0.15) is 23.3 Å². The normalized spacial score (nSPS) is 15.7. The number of nitrogens with one attached hydrogen (secondary N) is 1. The highest BCUT2D eigenvalue weighted by Gasteiger charge is 2.18. The summed E-state index contributed by atoms with van der Waals surface area (Å²) >= 11 is 0. The lowest BCUT2D eigenvalue weighted by Gasteiger charge is -2.11. The van der Waals surface area contributed by atoms with Crippen LogP contribution in [0.4, 0.5) is 0 Å². The van der Waals surface area contributed by atoms with Crippen molar-refractivity contribution in [2.24, 2.45) is 5.73 Å². The van der Waals surface area contributed by atoms with Crippen LogP contribution in [0, 0.1) is 11.3 Å². The first-order valence-corrected chi connectivity index (χ1v) is 7.57. The number of nitriles is 1. The molecule has 1 fully saturated rings. The molecule has 1 saturated carbocycles. The fourth-order valence-corrected chi connectivity index (χ4v) is 2.73. The van der Waals surface area contributed by atoms with Gasteiger partial charge in [-0.2, -0.15) is 5.26 Å². The minimum Gasteiger partial charge on any atom is -0.473 e. The summed E-state index contributed by atoms with van der Waals surface area (Å²) in [6.45, 7) is 0. The number of ether oxygens (including phenoxy) is 1. The van der Waals surface area contributed by atoms with Gasteiger partial charge in [-0.1, -0.05) is 6.08 Å². The first kappa shape index (κ1) is 15.0. The number of allylic oxidation sites excluding steroid dienone is 1. The van der Waals surface area contributed by atoms with Crippen molar-refractivity contribution in [2.45, 2.75) is 38.2 Å². The lowest BCUT2D eigenvalue weighted by Crippen LogP contribution is -2.13. The van der Waals surface area contributed by atoms with E-state index in [4.69, 9.17) is 15.7 Å². The number of nitrogens with two attached hydrogens (primary N) is 1. The molecule has 23 heavy (non-hydrogen) atoms. The maximum Gasteiger partial charge on any atom is 0.259 e. The molecule has 1 aliphatic carbocycles. The molecule has 0 spiro atoms. The topological polar surface area (TPSA) is 118 Å². The van der Waals surface area contributed by atoms with E-state index in [9.17, 15) is 4.79 Å². The van der Waals surface area contributed by atoms with Gasteiger partial charge in [-0.3, -0.25) is 4.79 Å². The second-order valence-corrected chi connectivity index (χ2v) is 5.54. The summed E-state index contributed by atoms with van der Waals surface area (Å²) in [5.41, 5.74) is 7.22. The number of H-pyrrole nitrogens is 1. The van der Waals surface area contributed by atoms with Crippen LogP contribution < -0.4 is 10.5 Å². The number of primary amides is 1. The quantitative estimate of drug-likeness (QED) is 0.644. The van der Waals surface area contributed by atoms with Gasteiger partial charge in [0.05, 0.1) is 6.20 Å². The van der Waals surface area contributed by atoms with Gasteiger partial charge >= 0.3 is 0 Å². The molecule has 7 nitrogen and oxygen atoms in total. The Morgan fingerprint density at radius 1 is 1.52 bits per heavy atom. The number of hydrogen-bond acceptors (Lipinski definition) is 5. The number of carbonyl (C=O) groups is 1. The summed E-state index contributed by atoms with van der Waals surface area (Å²) in [5, 5.41) is 8.87. The molecule has 3 rings (SSSR count). The van der Waals surface area contributed by atoms with Crippen molar-refractivity contribution in [1.82, 2.24) is 15.0 Å². The number of aromatic nitrogens is 3. The Balaban J connectivity index is 1.83. The molecule has 1 aliphatic rings. The third-order valence-corrected chi connectivity index (χ3v) is 3.94. The molecule has 0 aliphatic heterocycles. The Kier molecular flexibility index (Phi) is 4.24. The maximum absolute atomic E-state index is 11.1. The first-order valence-electron chi connectivity index (χ1n) is 7.57. The van der Waals surface area contributed by atoms with Crippen molar-refractivity contribution in [3.05, 3.63) is 29.6 Å². The smallest absolute Gasteiger partial charge is 0.259 e. The average Bonchev–Trinajstić information content (AvgIpc) is 3.17. The largest absolute Gasteiger partial charge is 0.473 e. The predicted octanol–water partition coefficient (Wildman–Crippen LogP) is 1.76. The highest BCUT2D eigenvalue weighted by Crippen LogP contribution is 2.24. The van der Waals surface area contributed by atoms with Crippen LogP contribution in [0.1, 0.15) is 31.2 Å². The lowest BCUT2D eigenvalue weighted by atomic mass is 10.1. The van der Waals surface area contributed by atoms with E-state index in [-0.39, 0.29) is 11.7 Å². The second kappa shape index (κ2) is 6.48. The number of carbonyl (C=O) groups excluding carboxylic acids is 1. The van der Waals surface area contributed by atoms with Crippen LogP contribution >= 0.6 is 0 Å². The van der Waals surface area contributed by atoms with E-state index in [1.54, 1.807) is 18.5 Å². The number of rotatable bonds is 5. The minimum atomic E-state index is -0.733. The van der Waals surface area contributed by atoms with E-state index in [1.807, 2.05) is 0 Å². The third kappa shape index (κ3) is 3.31. The monoisotopic (exact) mass is 311 g/mol. The van der Waals surface area contributed by atoms with Crippen molar-refractivity contribution in [1.29, 1.82) is 5.26 Å². The fraction of sp³-hybridized carbons (Fsp3) is 0.375. The number of amides is 1. The van der Waals surface area contributed by atoms with Crippen LogP contribution in [0.15, 0.2) is 24.0 Å². The van der Waals surface area contributed by atoms with E-state index < -0.39 is 5.91 Å². The molecule has 0 atom stereocenters. The van der Waals surface area contributed by atoms with E-state index >= 15 is 0 Å². The molecular formula is C16H17N5O2. The molecule has 7 heteroatoms. The Labute approximate surface area is 133 Å². The maximum atomic E-state index is 11.1. The van der Waals surface area contributed by atoms with Gasteiger partial charge in [0.15, 0.2) is 5.65 Å². The summed E-state index contributed by atoms with van der Waals surface area (Å²) in [4.78, 5) is 22.9. The predicted molar refractivity (Wildman–Crippen MR) is 83.4 cm³/mol. The van der Waals surface area contributed by atoms with E-state index in [0.29, 0.717) is 23.5 Å². The minimum absolute atomic E-state index is 0.0642. The lowest BCUT2D eigenvalue weighted by molar-refractivity contribution is -0.114. The molecule has 2 aromatic heterocycles. The molecule has 3 N–H and O–H groups in total. The van der Waals surface area contributed by atoms with Gasteiger partial charge in [-0.15, -0.1) is 0 Å². The summed E-state index contributed by atoms with van der Waals surface area (Å²) in [6.07, 6.45) is 9.92. The van der Waals surface area contributed by atoms with Crippen molar-refractivity contribution in [3.63, 3.8) is 0 Å². The highest BCUT2D eigenvalue weighted by molar-refractivity contribution is 5.95. The summed E-state index contributed by atoms with van der Waals surface area (Å²) in [5.74, 6) is -0.228. The number of fused-ring (bicyclic) bond motifs is 1. The molecule has 1 amide bonds. The average molecular weight is 311 g/mol. The van der Waals surface area contributed by atoms with Gasteiger partial charge in [0.2, 0.25) is 5.88 Å². The third-order valence-electron chi connectivity index (χ3n) is 3.94. The summed E-state index contributed by atoms with van der Waals surface area (Å²) < 4.78 is 5.86. The van der Waals surface area contributed by atoms with Crippen LogP contribution in [0.5, 0.6) is 5.88 Å². The number of nitrogens with zero attached hydrogens (tertiary/aromatic N) is 3. The molecule has 0 radical (unpaired) electrons. The fourth-order valence-electron chi connectivity index (χ4n) is 2.73. The standard InChI is InChI=1S/C16H17N5O2/c17-7-10(15(18)22)5-6-11-8-19-16-14(11)21-13(9-20-16)23-12-3-1-2-4-12/h5,8-9,12H,1-4,6H2,(H2,18,22)(H,19,20)/b10-5+. The molecule has 0 aromatic carbocycles. The number of hydrogen-bond donors (Lipinski definition) is 2. The van der Waals surface area contributed by atoms with Gasteiger partial charge in [0.25, 0.3) is 5.91 Å². The zero-order valence-corrected chi connectivity index (χ0v) is 12.6. The van der Waals surface area contributed by atoms with Crippen molar-refractivity contribution in [2.75, 3.05) is 0 Å². The zero-order valence-electron chi connectivity index (χ0n) is 12.6. The summed E-state index contributed by atoms with van der Waals surface area (Å²) in [7, 11) is 0. The van der Waals surface area contributed by atoms with Crippen LogP contribution in [-0.2, 0) is 11.2 Å². The van der Waals surface area contributed by atoms with Gasteiger partial charge in [-0.25, -0.2) is 9.97 Å². The molecular weight excluding hydrogens is 294 g/mol. The van der Waals surface area contributed by atoms with Crippen LogP contribution in [0.2, 0.25) is 0 Å². The Morgan fingerprint density at radius 3 is 3.00 bits per heavy atom. The van der Waals surface area contributed by atoms with Gasteiger partial charge < -0.3 is 15.5 Å². The molecule has 0 bridgehead atoms. The van der Waals surface area contributed by atoms with Crippen molar-refractivity contribution >= 4 is 17.1 Å². The highest BCUT2D eigenvalue weighted by atomic mass is 16.5. The van der Waals surface area contributed by atoms with Crippen molar-refractivity contribution < 1.29 is 9.53 Å². The zero-order chi connectivity index (χ0) is 16.2. The number of aromatic amines is 1. The van der Waals surface area contributed by atoms with Crippen molar-refractivity contribution in [3.8, 4) is 11.9 Å². The van der Waals surface area contributed by atoms with Gasteiger partial charge in [0, 0.05) is 11.8 Å². The first-order chi connectivity index (χ1) is 11.2. The van der Waals surface area contributed by atoms with Crippen LogP contribution in [-0.4, -0.2) is 27.0 Å². The molecule has 0 unspecified atom stereocenters. The SMILES string of the molecule is N#C/C(=C\Cc1c[nH]c2ncc(OC3CCCC3)nc12)C(N)=O. The summed E-state index contributed by atoms with van der Waals surface area (Å²) in [6, 6.07) is 1.79. The van der Waals surface area contributed by atoms with Crippen LogP contribution in [0.25, 0.3) is 11.2 Å². The van der Waals surface area contributed by atoms with E-state index in [2.05, 4.69) is 15.0 Å². The second-order valence-electron chi connectivity index (χ2n) is 5.54. The van der Waals surface area contributed by atoms with Crippen LogP contribution in [0.3, 0.4) is 0 Å². The Morgan fingerprint density at radius 2 is 2.30 bits per heavy atom. The Bertz CT molecular complexity index is 796. The van der Waals surface area contributed by atoms with Gasteiger partial charge in [-0.05, 0) is 32.1 Å². The molecule has 118 valence electrons. The Hall–Kier alpha value is -2.88. The van der Waals surface area contributed by atoms with E-state index in [1.165, 1.54) is 18.9 Å². The molecule has 0 saturated heterocycles. The van der Waals surface area contributed by atoms with E-state index in [0.717, 1.165) is 18.4 Å². The molecule has 2 aromatic rings.